The average Bonchev–Trinajstić information content (AvgIpc) is 2.42. The Morgan fingerprint density at radius 1 is 1.36 bits per heavy atom. The molecule has 0 saturated heterocycles. The molecule has 0 spiro atoms. The van der Waals surface area contributed by atoms with Crippen LogP contribution in [0.3, 0.4) is 0 Å². The van der Waals surface area contributed by atoms with Crippen molar-refractivity contribution in [1.29, 1.82) is 0 Å². The molecule has 1 aromatic rings. The van der Waals surface area contributed by atoms with Crippen molar-refractivity contribution < 1.29 is 23.4 Å². The lowest BCUT2D eigenvalue weighted by Crippen LogP contribution is -2.61. The Hall–Kier alpha value is -1.75. The number of anilines is 1. The smallest absolute Gasteiger partial charge is 0.392 e. The molecule has 1 heterocycles. The molecule has 0 radical (unpaired) electrons. The molecular formula is C15H17F3N2O2. The van der Waals surface area contributed by atoms with Gasteiger partial charge in [0.2, 0.25) is 5.54 Å². The molecule has 2 unspecified atom stereocenters. The molecule has 0 aromatic heterocycles. The Labute approximate surface area is 126 Å². The van der Waals surface area contributed by atoms with Gasteiger partial charge in [-0.2, -0.15) is 13.2 Å². The average molecular weight is 314 g/mol. The zero-order valence-corrected chi connectivity index (χ0v) is 12.1. The zero-order chi connectivity index (χ0) is 16.5. The minimum absolute atomic E-state index is 0.0909. The van der Waals surface area contributed by atoms with Gasteiger partial charge in [-0.25, -0.2) is 5.32 Å². The van der Waals surface area contributed by atoms with Crippen LogP contribution in [-0.2, 0) is 12.1 Å². The van der Waals surface area contributed by atoms with E-state index in [1.807, 2.05) is 0 Å². The maximum atomic E-state index is 13.7. The van der Waals surface area contributed by atoms with Gasteiger partial charge in [0.05, 0.1) is 6.61 Å². The maximum absolute atomic E-state index is 13.7. The fourth-order valence-electron chi connectivity index (χ4n) is 2.26. The molecule has 0 fully saturated rings. The Morgan fingerprint density at radius 2 is 2.05 bits per heavy atom. The van der Waals surface area contributed by atoms with Crippen LogP contribution < -0.4 is 10.6 Å². The van der Waals surface area contributed by atoms with Crippen molar-refractivity contribution in [3.63, 3.8) is 0 Å². The minimum atomic E-state index is -4.73. The second kappa shape index (κ2) is 5.80. The first-order chi connectivity index (χ1) is 10.2. The number of benzene rings is 1. The van der Waals surface area contributed by atoms with Crippen LogP contribution in [-0.4, -0.2) is 22.7 Å². The van der Waals surface area contributed by atoms with Gasteiger partial charge in [-0.1, -0.05) is 37.8 Å². The van der Waals surface area contributed by atoms with E-state index in [1.165, 1.54) is 18.2 Å². The van der Waals surface area contributed by atoms with Crippen molar-refractivity contribution in [2.75, 3.05) is 5.32 Å². The number of halogens is 3. The summed E-state index contributed by atoms with van der Waals surface area (Å²) in [6.07, 6.45) is -6.34. The molecule has 0 saturated carbocycles. The van der Waals surface area contributed by atoms with Crippen molar-refractivity contribution in [1.82, 2.24) is 5.32 Å². The summed E-state index contributed by atoms with van der Waals surface area (Å²) in [5, 5.41) is 23.5. The van der Waals surface area contributed by atoms with E-state index in [-0.39, 0.29) is 23.8 Å². The standard InChI is InChI=1S/C15H17F3N2O2/c1-9(2)5-6-14(15(16,17)18)11-4-3-10(8-21)7-12(11)19-13(22)20-14/h3-4,7,9,13,19-22H,8H2,1-2H3. The zero-order valence-electron chi connectivity index (χ0n) is 12.1. The number of hydrogen-bond acceptors (Lipinski definition) is 4. The maximum Gasteiger partial charge on any atom is 0.422 e. The van der Waals surface area contributed by atoms with Crippen LogP contribution in [0.1, 0.15) is 25.0 Å². The highest BCUT2D eigenvalue weighted by Crippen LogP contribution is 2.44. The van der Waals surface area contributed by atoms with Crippen LogP contribution >= 0.6 is 0 Å². The molecule has 2 rings (SSSR count). The lowest BCUT2D eigenvalue weighted by molar-refractivity contribution is -0.190. The van der Waals surface area contributed by atoms with Gasteiger partial charge in [0.25, 0.3) is 0 Å². The molecule has 22 heavy (non-hydrogen) atoms. The van der Waals surface area contributed by atoms with Crippen LogP contribution in [0.2, 0.25) is 0 Å². The summed E-state index contributed by atoms with van der Waals surface area (Å²) in [6, 6.07) is 4.03. The molecule has 0 bridgehead atoms. The van der Waals surface area contributed by atoms with Crippen LogP contribution in [0.25, 0.3) is 0 Å². The first-order valence-electron chi connectivity index (χ1n) is 6.75. The van der Waals surface area contributed by atoms with Crippen LogP contribution in [0.15, 0.2) is 18.2 Å². The van der Waals surface area contributed by atoms with Gasteiger partial charge >= 0.3 is 6.18 Å². The Morgan fingerprint density at radius 3 is 2.59 bits per heavy atom. The summed E-state index contributed by atoms with van der Waals surface area (Å²) >= 11 is 0. The van der Waals surface area contributed by atoms with Crippen LogP contribution in [0.5, 0.6) is 0 Å². The second-order valence-electron chi connectivity index (χ2n) is 5.40. The normalized spacial score (nSPS) is 24.3. The van der Waals surface area contributed by atoms with Crippen LogP contribution in [0, 0.1) is 17.8 Å². The van der Waals surface area contributed by atoms with Gasteiger partial charge in [0.15, 0.2) is 6.35 Å². The molecule has 0 aliphatic carbocycles. The van der Waals surface area contributed by atoms with Gasteiger partial charge in [0.1, 0.15) is 0 Å². The minimum Gasteiger partial charge on any atom is -0.392 e. The quantitative estimate of drug-likeness (QED) is 0.598. The van der Waals surface area contributed by atoms with Crippen molar-refractivity contribution in [2.24, 2.45) is 5.92 Å². The lowest BCUT2D eigenvalue weighted by Gasteiger charge is -2.40. The summed E-state index contributed by atoms with van der Waals surface area (Å²) in [4.78, 5) is 0. The summed E-state index contributed by atoms with van der Waals surface area (Å²) < 4.78 is 41.2. The molecule has 0 amide bonds. The predicted molar refractivity (Wildman–Crippen MR) is 75.5 cm³/mol. The number of nitrogens with one attached hydrogen (secondary N) is 2. The van der Waals surface area contributed by atoms with Gasteiger partial charge in [-0.15, -0.1) is 0 Å². The highest BCUT2D eigenvalue weighted by atomic mass is 19.4. The SMILES string of the molecule is CC(C)C#CC1(C(F)(F)F)NC(O)Nc2cc(CO)ccc21. The van der Waals surface area contributed by atoms with Gasteiger partial charge in [-0.05, 0) is 11.6 Å². The number of hydrogen-bond donors (Lipinski definition) is 4. The monoisotopic (exact) mass is 314 g/mol. The molecule has 4 nitrogen and oxygen atoms in total. The van der Waals surface area contributed by atoms with E-state index in [2.05, 4.69) is 22.5 Å². The van der Waals surface area contributed by atoms with E-state index < -0.39 is 18.1 Å². The largest absolute Gasteiger partial charge is 0.422 e. The molecule has 1 aromatic carbocycles. The number of aliphatic hydroxyl groups is 2. The Bertz CT molecular complexity index is 619. The molecule has 4 N–H and O–H groups in total. The molecule has 2 atom stereocenters. The van der Waals surface area contributed by atoms with Gasteiger partial charge in [-0.3, -0.25) is 0 Å². The summed E-state index contributed by atoms with van der Waals surface area (Å²) in [5.74, 6) is 4.53. The van der Waals surface area contributed by atoms with E-state index >= 15 is 0 Å². The first-order valence-corrected chi connectivity index (χ1v) is 6.75. The number of fused-ring (bicyclic) bond motifs is 1. The fourth-order valence-corrected chi connectivity index (χ4v) is 2.26. The van der Waals surface area contributed by atoms with Gasteiger partial charge < -0.3 is 15.5 Å². The van der Waals surface area contributed by atoms with E-state index in [4.69, 9.17) is 5.11 Å². The Balaban J connectivity index is 2.68. The Kier molecular flexibility index (Phi) is 4.38. The van der Waals surface area contributed by atoms with Crippen molar-refractivity contribution >= 4 is 5.69 Å². The van der Waals surface area contributed by atoms with E-state index in [0.29, 0.717) is 5.56 Å². The fraction of sp³-hybridized carbons (Fsp3) is 0.467. The third-order valence-corrected chi connectivity index (χ3v) is 3.29. The van der Waals surface area contributed by atoms with E-state index in [0.717, 1.165) is 0 Å². The molecular weight excluding hydrogens is 297 g/mol. The number of aliphatic hydroxyl groups excluding tert-OH is 2. The van der Waals surface area contributed by atoms with Gasteiger partial charge in [0, 0.05) is 17.2 Å². The highest BCUT2D eigenvalue weighted by molar-refractivity contribution is 5.62. The molecule has 1 aliphatic rings. The summed E-state index contributed by atoms with van der Waals surface area (Å²) in [7, 11) is 0. The summed E-state index contributed by atoms with van der Waals surface area (Å²) in [6.45, 7) is 3.06. The van der Waals surface area contributed by atoms with Crippen LogP contribution in [0.4, 0.5) is 18.9 Å². The number of alkyl halides is 3. The van der Waals surface area contributed by atoms with E-state index in [9.17, 15) is 18.3 Å². The second-order valence-corrected chi connectivity index (χ2v) is 5.40. The molecule has 1 aliphatic heterocycles. The third-order valence-electron chi connectivity index (χ3n) is 3.29. The van der Waals surface area contributed by atoms with E-state index in [1.54, 1.807) is 13.8 Å². The number of rotatable bonds is 1. The topological polar surface area (TPSA) is 64.5 Å². The first kappa shape index (κ1) is 16.6. The summed E-state index contributed by atoms with van der Waals surface area (Å²) in [5.41, 5.74) is -2.26. The third kappa shape index (κ3) is 2.90. The van der Waals surface area contributed by atoms with Crippen molar-refractivity contribution in [3.05, 3.63) is 29.3 Å². The predicted octanol–water partition coefficient (Wildman–Crippen LogP) is 1.89. The highest BCUT2D eigenvalue weighted by Gasteiger charge is 2.58. The molecule has 120 valence electrons. The van der Waals surface area contributed by atoms with Crippen molar-refractivity contribution in [3.8, 4) is 11.8 Å². The van der Waals surface area contributed by atoms with Crippen molar-refractivity contribution in [2.45, 2.75) is 38.5 Å². The molecule has 7 heteroatoms. The lowest BCUT2D eigenvalue weighted by atomic mass is 9.85.